The third-order valence-electron chi connectivity index (χ3n) is 0.523. The van der Waals surface area contributed by atoms with Gasteiger partial charge in [0, 0.05) is 6.54 Å². The first-order valence-corrected chi connectivity index (χ1v) is 4.01. The van der Waals surface area contributed by atoms with Crippen molar-refractivity contribution in [3.05, 3.63) is 0 Å². The van der Waals surface area contributed by atoms with E-state index in [0.717, 1.165) is 0 Å². The number of rotatable bonds is 2. The minimum atomic E-state index is -4.66. The molecule has 6 nitrogen and oxygen atoms in total. The third kappa shape index (κ3) is 5.55. The van der Waals surface area contributed by atoms with Crippen LogP contribution in [-0.4, -0.2) is 22.4 Å². The Labute approximate surface area is 57.4 Å². The largest absolute Gasteiger partial charge is 0.528 e. The molecule has 7 heteroatoms. The van der Waals surface area contributed by atoms with E-state index in [4.69, 9.17) is 9.79 Å². The lowest BCUT2D eigenvalue weighted by molar-refractivity contribution is 0.177. The van der Waals surface area contributed by atoms with Crippen LogP contribution in [0.15, 0.2) is 0 Å². The van der Waals surface area contributed by atoms with Crippen molar-refractivity contribution in [1.29, 1.82) is 0 Å². The lowest BCUT2D eigenvalue weighted by Crippen LogP contribution is -2.22. The van der Waals surface area contributed by atoms with Gasteiger partial charge >= 0.3 is 13.9 Å². The van der Waals surface area contributed by atoms with Crippen molar-refractivity contribution in [1.82, 2.24) is 5.32 Å². The van der Waals surface area contributed by atoms with Gasteiger partial charge in [-0.1, -0.05) is 0 Å². The fourth-order valence-electron chi connectivity index (χ4n) is 0.285. The summed E-state index contributed by atoms with van der Waals surface area (Å²) < 4.78 is 13.5. The number of carbonyl (C=O) groups excluding carboxylic acids is 1. The van der Waals surface area contributed by atoms with E-state index in [9.17, 15) is 9.36 Å². The number of nitrogens with one attached hydrogen (secondary N) is 1. The second kappa shape index (κ2) is 3.55. The Kier molecular flexibility index (Phi) is 3.35. The van der Waals surface area contributed by atoms with Crippen LogP contribution in [0.5, 0.6) is 0 Å². The normalized spacial score (nSPS) is 10.7. The van der Waals surface area contributed by atoms with E-state index in [0.29, 0.717) is 0 Å². The minimum Gasteiger partial charge on any atom is -0.354 e. The maximum absolute atomic E-state index is 10.2. The molecule has 0 radical (unpaired) electrons. The van der Waals surface area contributed by atoms with Crippen LogP contribution in [0.1, 0.15) is 6.92 Å². The lowest BCUT2D eigenvalue weighted by Gasteiger charge is -2.03. The quantitative estimate of drug-likeness (QED) is 0.498. The average molecular weight is 169 g/mol. The van der Waals surface area contributed by atoms with Crippen molar-refractivity contribution in [3.8, 4) is 0 Å². The number of phosphoric ester groups is 1. The van der Waals surface area contributed by atoms with Gasteiger partial charge in [-0.2, -0.15) is 0 Å². The van der Waals surface area contributed by atoms with E-state index in [1.54, 1.807) is 6.92 Å². The molecule has 0 fully saturated rings. The number of phosphoric acid groups is 1. The molecule has 0 aromatic heterocycles. The van der Waals surface area contributed by atoms with E-state index in [-0.39, 0.29) is 6.54 Å². The maximum Gasteiger partial charge on any atom is 0.528 e. The molecule has 0 aromatic rings. The molecule has 3 N–H and O–H groups in total. The second-order valence-electron chi connectivity index (χ2n) is 1.40. The van der Waals surface area contributed by atoms with Gasteiger partial charge in [-0.15, -0.1) is 0 Å². The Morgan fingerprint density at radius 2 is 2.20 bits per heavy atom. The number of amides is 1. The summed E-state index contributed by atoms with van der Waals surface area (Å²) >= 11 is 0. The molecule has 0 aromatic carbocycles. The fourth-order valence-corrected chi connectivity index (χ4v) is 0.565. The van der Waals surface area contributed by atoms with Crippen molar-refractivity contribution < 1.29 is 23.7 Å². The predicted molar refractivity (Wildman–Crippen MR) is 32.2 cm³/mol. The van der Waals surface area contributed by atoms with E-state index in [2.05, 4.69) is 4.52 Å². The van der Waals surface area contributed by atoms with E-state index in [1.165, 1.54) is 0 Å². The summed E-state index contributed by atoms with van der Waals surface area (Å²) in [6, 6.07) is 0. The Morgan fingerprint density at radius 3 is 2.50 bits per heavy atom. The summed E-state index contributed by atoms with van der Waals surface area (Å²) in [6.45, 7) is 1.86. The summed E-state index contributed by atoms with van der Waals surface area (Å²) in [4.78, 5) is 26.3. The molecule has 0 spiro atoms. The van der Waals surface area contributed by atoms with Gasteiger partial charge in [0.2, 0.25) is 0 Å². The molecule has 0 aliphatic rings. The summed E-state index contributed by atoms with van der Waals surface area (Å²) in [5.74, 6) is 0. The summed E-state index contributed by atoms with van der Waals surface area (Å²) in [5, 5.41) is 2.05. The van der Waals surface area contributed by atoms with Crippen LogP contribution in [0.25, 0.3) is 0 Å². The monoisotopic (exact) mass is 169 g/mol. The molecule has 0 saturated heterocycles. The zero-order chi connectivity index (χ0) is 8.20. The topological polar surface area (TPSA) is 95.9 Å². The molecule has 10 heavy (non-hydrogen) atoms. The Morgan fingerprint density at radius 1 is 1.70 bits per heavy atom. The fraction of sp³-hybridized carbons (Fsp3) is 0.667. The molecule has 60 valence electrons. The molecular formula is C3H8NO5P. The van der Waals surface area contributed by atoms with Gasteiger partial charge < -0.3 is 9.84 Å². The highest BCUT2D eigenvalue weighted by Gasteiger charge is 2.19. The zero-order valence-corrected chi connectivity index (χ0v) is 6.17. The summed E-state index contributed by atoms with van der Waals surface area (Å²) in [7, 11) is -4.66. The van der Waals surface area contributed by atoms with Crippen LogP contribution < -0.4 is 5.32 Å². The van der Waals surface area contributed by atoms with Gasteiger partial charge in [-0.25, -0.2) is 9.36 Å². The van der Waals surface area contributed by atoms with Gasteiger partial charge in [0.25, 0.3) is 0 Å². The SMILES string of the molecule is CCNC(=O)OP(=O)(O)O. The van der Waals surface area contributed by atoms with Gasteiger partial charge in [0.05, 0.1) is 0 Å². The molecule has 1 amide bonds. The molecule has 0 atom stereocenters. The molecule has 0 unspecified atom stereocenters. The minimum absolute atomic E-state index is 0.263. The van der Waals surface area contributed by atoms with Gasteiger partial charge in [-0.3, -0.25) is 9.79 Å². The molecule has 0 saturated carbocycles. The van der Waals surface area contributed by atoms with E-state index < -0.39 is 13.9 Å². The van der Waals surface area contributed by atoms with Crippen molar-refractivity contribution >= 4 is 13.9 Å². The molecule has 0 aliphatic carbocycles. The lowest BCUT2D eigenvalue weighted by atomic mass is 10.8. The third-order valence-corrected chi connectivity index (χ3v) is 0.927. The van der Waals surface area contributed by atoms with Crippen LogP contribution in [0.3, 0.4) is 0 Å². The van der Waals surface area contributed by atoms with Gasteiger partial charge in [0.1, 0.15) is 0 Å². The first kappa shape index (κ1) is 9.42. The Balaban J connectivity index is 3.70. The highest BCUT2D eigenvalue weighted by molar-refractivity contribution is 7.46. The second-order valence-corrected chi connectivity index (χ2v) is 2.56. The Hall–Kier alpha value is -0.580. The van der Waals surface area contributed by atoms with Crippen LogP contribution in [0, 0.1) is 0 Å². The highest BCUT2D eigenvalue weighted by Crippen LogP contribution is 2.35. The van der Waals surface area contributed by atoms with E-state index >= 15 is 0 Å². The summed E-state index contributed by atoms with van der Waals surface area (Å²) in [6.07, 6.45) is -1.11. The molecule has 0 heterocycles. The van der Waals surface area contributed by atoms with Gasteiger partial charge in [0.15, 0.2) is 0 Å². The first-order chi connectivity index (χ1) is 4.45. The van der Waals surface area contributed by atoms with Crippen LogP contribution in [-0.2, 0) is 9.09 Å². The molecular weight excluding hydrogens is 161 g/mol. The average Bonchev–Trinajstić information content (AvgIpc) is 1.59. The zero-order valence-electron chi connectivity index (χ0n) is 5.27. The number of hydrogen-bond acceptors (Lipinski definition) is 3. The van der Waals surface area contributed by atoms with Crippen molar-refractivity contribution in [2.45, 2.75) is 6.92 Å². The Bertz CT molecular complexity index is 162. The molecule has 0 bridgehead atoms. The number of carbonyl (C=O) groups is 1. The summed E-state index contributed by atoms with van der Waals surface area (Å²) in [5.41, 5.74) is 0. The van der Waals surface area contributed by atoms with Crippen molar-refractivity contribution in [2.75, 3.05) is 6.54 Å². The van der Waals surface area contributed by atoms with E-state index in [1.807, 2.05) is 5.32 Å². The van der Waals surface area contributed by atoms with Crippen LogP contribution >= 0.6 is 7.82 Å². The molecule has 0 aliphatic heterocycles. The van der Waals surface area contributed by atoms with Crippen molar-refractivity contribution in [3.63, 3.8) is 0 Å². The highest BCUT2D eigenvalue weighted by atomic mass is 31.2. The number of hydrogen-bond donors (Lipinski definition) is 3. The first-order valence-electron chi connectivity index (χ1n) is 2.48. The maximum atomic E-state index is 10.2. The standard InChI is InChI=1S/C3H8NO5P/c1-2-4-3(5)9-10(6,7)8/h2H2,1H3,(H,4,5)(H2,6,7,8). The predicted octanol–water partition coefficient (Wildman–Crippen LogP) is -0.175. The van der Waals surface area contributed by atoms with Crippen LogP contribution in [0.2, 0.25) is 0 Å². The van der Waals surface area contributed by atoms with Crippen LogP contribution in [0.4, 0.5) is 4.79 Å². The van der Waals surface area contributed by atoms with Crippen molar-refractivity contribution in [2.24, 2.45) is 0 Å². The van der Waals surface area contributed by atoms with Gasteiger partial charge in [-0.05, 0) is 6.92 Å². The molecule has 0 rings (SSSR count). The smallest absolute Gasteiger partial charge is 0.354 e.